The number of hydrogen-bond donors (Lipinski definition) is 3. The van der Waals surface area contributed by atoms with Crippen LogP contribution in [0.25, 0.3) is 0 Å². The molecular formula is C11H12ClN3O4. The van der Waals surface area contributed by atoms with Crippen LogP contribution in [-0.4, -0.2) is 33.9 Å². The molecule has 0 radical (unpaired) electrons. The smallest absolute Gasteiger partial charge is 0.326 e. The van der Waals surface area contributed by atoms with Crippen LogP contribution in [0.4, 0.5) is 0 Å². The molecule has 102 valence electrons. The molecule has 4 N–H and O–H groups in total. The summed E-state index contributed by atoms with van der Waals surface area (Å²) in [5.41, 5.74) is 4.96. The molecule has 1 rings (SSSR count). The van der Waals surface area contributed by atoms with Crippen molar-refractivity contribution < 1.29 is 19.5 Å². The molecule has 8 heteroatoms. The number of aromatic nitrogens is 1. The molecule has 0 spiro atoms. The number of hydrogen-bond acceptors (Lipinski definition) is 4. The fourth-order valence-electron chi connectivity index (χ4n) is 1.29. The summed E-state index contributed by atoms with van der Waals surface area (Å²) < 4.78 is 0. The summed E-state index contributed by atoms with van der Waals surface area (Å²) in [6.07, 6.45) is 1.06. The maximum atomic E-state index is 11.7. The zero-order valence-electron chi connectivity index (χ0n) is 9.80. The van der Waals surface area contributed by atoms with Gasteiger partial charge in [-0.05, 0) is 18.6 Å². The van der Waals surface area contributed by atoms with E-state index in [1.165, 1.54) is 18.3 Å². The Balaban J connectivity index is 2.68. The lowest BCUT2D eigenvalue weighted by atomic mass is 10.1. The van der Waals surface area contributed by atoms with E-state index in [0.717, 1.165) is 0 Å². The third-order valence-electron chi connectivity index (χ3n) is 2.24. The summed E-state index contributed by atoms with van der Waals surface area (Å²) >= 11 is 5.62. The Morgan fingerprint density at radius 2 is 2.11 bits per heavy atom. The van der Waals surface area contributed by atoms with Gasteiger partial charge < -0.3 is 16.2 Å². The summed E-state index contributed by atoms with van der Waals surface area (Å²) in [4.78, 5) is 37.0. The second-order valence-electron chi connectivity index (χ2n) is 3.73. The number of pyridine rings is 1. The van der Waals surface area contributed by atoms with Crippen molar-refractivity contribution >= 4 is 29.4 Å². The largest absolute Gasteiger partial charge is 0.480 e. The van der Waals surface area contributed by atoms with Crippen LogP contribution in [0.5, 0.6) is 0 Å². The van der Waals surface area contributed by atoms with Crippen LogP contribution in [0, 0.1) is 0 Å². The highest BCUT2D eigenvalue weighted by Gasteiger charge is 2.21. The lowest BCUT2D eigenvalue weighted by molar-refractivity contribution is -0.139. The molecule has 0 fully saturated rings. The molecule has 0 aliphatic carbocycles. The summed E-state index contributed by atoms with van der Waals surface area (Å²) in [5, 5.41) is 11.5. The standard InChI is InChI=1S/C11H12ClN3O4/c12-6-1-2-7(14-5-6)10(17)15-8(11(18)19)3-4-9(13)16/h1-2,5,8H,3-4H2,(H2,13,16)(H,15,17)(H,18,19)/t8-/m0/s1. The van der Waals surface area contributed by atoms with Gasteiger partial charge in [0.2, 0.25) is 5.91 Å². The summed E-state index contributed by atoms with van der Waals surface area (Å²) in [6.45, 7) is 0. The Bertz CT molecular complexity index is 489. The molecular weight excluding hydrogens is 274 g/mol. The van der Waals surface area contributed by atoms with E-state index in [4.69, 9.17) is 22.4 Å². The Hall–Kier alpha value is -2.15. The molecule has 2 amide bonds. The molecule has 0 unspecified atom stereocenters. The molecule has 0 saturated carbocycles. The fourth-order valence-corrected chi connectivity index (χ4v) is 1.40. The number of carbonyl (C=O) groups is 3. The average molecular weight is 286 g/mol. The Morgan fingerprint density at radius 3 is 2.58 bits per heavy atom. The van der Waals surface area contributed by atoms with Crippen molar-refractivity contribution in [2.45, 2.75) is 18.9 Å². The number of rotatable bonds is 6. The molecule has 1 aromatic rings. The van der Waals surface area contributed by atoms with Crippen molar-refractivity contribution in [3.63, 3.8) is 0 Å². The van der Waals surface area contributed by atoms with Crippen molar-refractivity contribution in [1.29, 1.82) is 0 Å². The minimum Gasteiger partial charge on any atom is -0.480 e. The van der Waals surface area contributed by atoms with E-state index >= 15 is 0 Å². The van der Waals surface area contributed by atoms with Crippen molar-refractivity contribution in [3.8, 4) is 0 Å². The second kappa shape index (κ2) is 6.69. The first-order valence-electron chi connectivity index (χ1n) is 5.33. The molecule has 19 heavy (non-hydrogen) atoms. The number of aliphatic carboxylic acids is 1. The highest BCUT2D eigenvalue weighted by molar-refractivity contribution is 6.30. The summed E-state index contributed by atoms with van der Waals surface area (Å²) in [5.74, 6) is -2.54. The number of carboxylic acids is 1. The molecule has 0 bridgehead atoms. The summed E-state index contributed by atoms with van der Waals surface area (Å²) in [7, 11) is 0. The fraction of sp³-hybridized carbons (Fsp3) is 0.273. The number of amides is 2. The third-order valence-corrected chi connectivity index (χ3v) is 2.47. The van der Waals surface area contributed by atoms with Crippen LogP contribution in [-0.2, 0) is 9.59 Å². The van der Waals surface area contributed by atoms with Crippen molar-refractivity contribution in [2.75, 3.05) is 0 Å². The second-order valence-corrected chi connectivity index (χ2v) is 4.17. The number of halogens is 1. The van der Waals surface area contributed by atoms with Crippen LogP contribution >= 0.6 is 11.6 Å². The first kappa shape index (κ1) is 14.9. The number of carboxylic acid groups (broad SMARTS) is 1. The van der Waals surface area contributed by atoms with E-state index in [0.29, 0.717) is 5.02 Å². The molecule has 1 aromatic heterocycles. The first-order chi connectivity index (χ1) is 8.90. The zero-order chi connectivity index (χ0) is 14.4. The predicted molar refractivity (Wildman–Crippen MR) is 66.6 cm³/mol. The molecule has 7 nitrogen and oxygen atoms in total. The van der Waals surface area contributed by atoms with E-state index < -0.39 is 23.8 Å². The SMILES string of the molecule is NC(=O)CC[C@H](NC(=O)c1ccc(Cl)cn1)C(=O)O. The van der Waals surface area contributed by atoms with Crippen molar-refractivity contribution in [2.24, 2.45) is 5.73 Å². The van der Waals surface area contributed by atoms with E-state index in [9.17, 15) is 14.4 Å². The Labute approximate surface area is 113 Å². The monoisotopic (exact) mass is 285 g/mol. The van der Waals surface area contributed by atoms with Gasteiger partial charge in [-0.2, -0.15) is 0 Å². The van der Waals surface area contributed by atoms with Gasteiger partial charge in [0.1, 0.15) is 11.7 Å². The highest BCUT2D eigenvalue weighted by atomic mass is 35.5. The topological polar surface area (TPSA) is 122 Å². The number of primary amides is 1. The third kappa shape index (κ3) is 4.92. The quantitative estimate of drug-likeness (QED) is 0.688. The molecule has 0 aromatic carbocycles. The number of nitrogens with zero attached hydrogens (tertiary/aromatic N) is 1. The van der Waals surface area contributed by atoms with Crippen molar-refractivity contribution in [1.82, 2.24) is 10.3 Å². The minimum absolute atomic E-state index is 0.0368. The lowest BCUT2D eigenvalue weighted by Gasteiger charge is -2.13. The average Bonchev–Trinajstić information content (AvgIpc) is 2.34. The lowest BCUT2D eigenvalue weighted by Crippen LogP contribution is -2.41. The van der Waals surface area contributed by atoms with Gasteiger partial charge in [-0.15, -0.1) is 0 Å². The van der Waals surface area contributed by atoms with E-state index in [1.54, 1.807) is 0 Å². The molecule has 1 heterocycles. The maximum absolute atomic E-state index is 11.7. The van der Waals surface area contributed by atoms with Crippen LogP contribution in [0.15, 0.2) is 18.3 Å². The van der Waals surface area contributed by atoms with Gasteiger partial charge in [-0.3, -0.25) is 9.59 Å². The zero-order valence-corrected chi connectivity index (χ0v) is 10.6. The van der Waals surface area contributed by atoms with Crippen molar-refractivity contribution in [3.05, 3.63) is 29.0 Å². The normalized spacial score (nSPS) is 11.6. The van der Waals surface area contributed by atoms with Gasteiger partial charge in [0.15, 0.2) is 0 Å². The number of nitrogens with two attached hydrogens (primary N) is 1. The van der Waals surface area contributed by atoms with Gasteiger partial charge in [-0.1, -0.05) is 11.6 Å². The van der Waals surface area contributed by atoms with Crippen LogP contribution in [0.1, 0.15) is 23.3 Å². The van der Waals surface area contributed by atoms with Gasteiger partial charge in [-0.25, -0.2) is 9.78 Å². The molecule has 0 saturated heterocycles. The van der Waals surface area contributed by atoms with E-state index in [1.807, 2.05) is 0 Å². The minimum atomic E-state index is -1.25. The highest BCUT2D eigenvalue weighted by Crippen LogP contribution is 2.07. The molecule has 1 atom stereocenters. The summed E-state index contributed by atoms with van der Waals surface area (Å²) in [6, 6.07) is 1.63. The van der Waals surface area contributed by atoms with Gasteiger partial charge in [0.25, 0.3) is 5.91 Å². The maximum Gasteiger partial charge on any atom is 0.326 e. The van der Waals surface area contributed by atoms with Crippen LogP contribution in [0.3, 0.4) is 0 Å². The van der Waals surface area contributed by atoms with Gasteiger partial charge in [0, 0.05) is 12.6 Å². The number of nitrogens with one attached hydrogen (secondary N) is 1. The van der Waals surface area contributed by atoms with Gasteiger partial charge in [0.05, 0.1) is 5.02 Å². The number of carbonyl (C=O) groups excluding carboxylic acids is 2. The molecule has 0 aliphatic heterocycles. The predicted octanol–water partition coefficient (Wildman–Crippen LogP) is 0.183. The Kier molecular flexibility index (Phi) is 5.25. The molecule has 0 aliphatic rings. The van der Waals surface area contributed by atoms with Gasteiger partial charge >= 0.3 is 5.97 Å². The van der Waals surface area contributed by atoms with Crippen LogP contribution < -0.4 is 11.1 Å². The van der Waals surface area contributed by atoms with Crippen LogP contribution in [0.2, 0.25) is 5.02 Å². The Morgan fingerprint density at radius 1 is 1.42 bits per heavy atom. The van der Waals surface area contributed by atoms with E-state index in [-0.39, 0.29) is 18.5 Å². The van der Waals surface area contributed by atoms with E-state index in [2.05, 4.69) is 10.3 Å². The first-order valence-corrected chi connectivity index (χ1v) is 5.71.